The fraction of sp³-hybridized carbons (Fsp3) is 0.471. The predicted molar refractivity (Wildman–Crippen MR) is 85.4 cm³/mol. The zero-order chi connectivity index (χ0) is 17.3. The molecule has 3 rings (SSSR count). The van der Waals surface area contributed by atoms with E-state index in [2.05, 4.69) is 15.2 Å². The Labute approximate surface area is 139 Å². The van der Waals surface area contributed by atoms with E-state index in [1.807, 2.05) is 17.8 Å². The monoisotopic (exact) mass is 338 g/mol. The maximum atomic E-state index is 12.8. The quantitative estimate of drug-likeness (QED) is 0.934. The van der Waals surface area contributed by atoms with Gasteiger partial charge in [0.15, 0.2) is 0 Å². The van der Waals surface area contributed by atoms with Crippen molar-refractivity contribution in [2.75, 3.05) is 19.6 Å². The minimum atomic E-state index is -4.30. The second kappa shape index (κ2) is 6.57. The molecule has 2 aromatic rings. The van der Waals surface area contributed by atoms with E-state index in [1.165, 1.54) is 12.1 Å². The summed E-state index contributed by atoms with van der Waals surface area (Å²) in [7, 11) is 1.96. The molecule has 1 saturated heterocycles. The van der Waals surface area contributed by atoms with Crippen molar-refractivity contribution in [2.45, 2.75) is 25.7 Å². The smallest absolute Gasteiger partial charge is 0.337 e. The van der Waals surface area contributed by atoms with Gasteiger partial charge in [0.25, 0.3) is 0 Å². The zero-order valence-electron chi connectivity index (χ0n) is 13.8. The van der Waals surface area contributed by atoms with Gasteiger partial charge in [-0.1, -0.05) is 6.07 Å². The molecular weight excluding hydrogens is 317 g/mol. The van der Waals surface area contributed by atoms with Crippen molar-refractivity contribution >= 4 is 0 Å². The lowest BCUT2D eigenvalue weighted by atomic mass is 10.0. The average Bonchev–Trinajstić information content (AvgIpc) is 2.95. The van der Waals surface area contributed by atoms with Gasteiger partial charge < -0.3 is 9.88 Å². The lowest BCUT2D eigenvalue weighted by molar-refractivity contribution is -0.137. The summed E-state index contributed by atoms with van der Waals surface area (Å²) >= 11 is 0. The molecule has 0 spiro atoms. The van der Waals surface area contributed by atoms with Crippen LogP contribution in [-0.4, -0.2) is 34.1 Å². The molecule has 1 N–H and O–H groups in total. The fourth-order valence-corrected chi connectivity index (χ4v) is 3.16. The van der Waals surface area contributed by atoms with E-state index in [9.17, 15) is 13.2 Å². The van der Waals surface area contributed by atoms with Crippen LogP contribution in [0.4, 0.5) is 13.2 Å². The Hall–Kier alpha value is -1.86. The largest absolute Gasteiger partial charge is 0.416 e. The molecular formula is C17H21F3N4. The molecule has 1 fully saturated rings. The molecule has 130 valence electrons. The van der Waals surface area contributed by atoms with Gasteiger partial charge in [-0.15, -0.1) is 0 Å². The Morgan fingerprint density at radius 3 is 2.75 bits per heavy atom. The van der Waals surface area contributed by atoms with Crippen LogP contribution in [0.2, 0.25) is 0 Å². The maximum absolute atomic E-state index is 12.8. The van der Waals surface area contributed by atoms with E-state index in [4.69, 9.17) is 0 Å². The second-order valence-corrected chi connectivity index (χ2v) is 6.23. The van der Waals surface area contributed by atoms with Crippen LogP contribution < -0.4 is 5.32 Å². The number of hydrogen-bond acceptors (Lipinski definition) is 3. The van der Waals surface area contributed by atoms with Crippen molar-refractivity contribution in [3.63, 3.8) is 0 Å². The highest BCUT2D eigenvalue weighted by Gasteiger charge is 2.31. The number of rotatable bonds is 3. The number of nitrogens with one attached hydrogen (secondary N) is 1. The summed E-state index contributed by atoms with van der Waals surface area (Å²) in [6.07, 6.45) is -0.620. The van der Waals surface area contributed by atoms with Crippen LogP contribution in [0, 0.1) is 6.92 Å². The van der Waals surface area contributed by atoms with Crippen LogP contribution in [0.1, 0.15) is 28.6 Å². The molecule has 1 atom stereocenters. The summed E-state index contributed by atoms with van der Waals surface area (Å²) in [5.74, 6) is 0.965. The fourth-order valence-electron chi connectivity index (χ4n) is 3.16. The number of aryl methyl sites for hydroxylation is 2. The lowest BCUT2D eigenvalue weighted by Crippen LogP contribution is -2.46. The standard InChI is InChI=1S/C17H21F3N4/c1-12-9-14(17(18,19)20)4-3-13(12)11-24-8-5-21-10-15(24)16-22-6-7-23(16)2/h3-4,6-7,9,15,21H,5,8,10-11H2,1-2H3. The Morgan fingerprint density at radius 2 is 2.12 bits per heavy atom. The first-order valence-electron chi connectivity index (χ1n) is 7.95. The summed E-state index contributed by atoms with van der Waals surface area (Å²) in [5, 5.41) is 3.37. The summed E-state index contributed by atoms with van der Waals surface area (Å²) in [6, 6.07) is 4.10. The first kappa shape index (κ1) is 17.0. The summed E-state index contributed by atoms with van der Waals surface area (Å²) in [4.78, 5) is 6.70. The van der Waals surface area contributed by atoms with Crippen molar-refractivity contribution in [2.24, 2.45) is 7.05 Å². The normalized spacial score (nSPS) is 19.6. The van der Waals surface area contributed by atoms with E-state index in [0.717, 1.165) is 31.0 Å². The highest BCUT2D eigenvalue weighted by molar-refractivity contribution is 5.32. The van der Waals surface area contributed by atoms with Crippen LogP contribution >= 0.6 is 0 Å². The van der Waals surface area contributed by atoms with Crippen molar-refractivity contribution < 1.29 is 13.2 Å². The van der Waals surface area contributed by atoms with Gasteiger partial charge in [0.1, 0.15) is 5.82 Å². The zero-order valence-corrected chi connectivity index (χ0v) is 13.8. The molecule has 1 aliphatic rings. The predicted octanol–water partition coefficient (Wildman–Crippen LogP) is 2.89. The highest BCUT2D eigenvalue weighted by atomic mass is 19.4. The highest BCUT2D eigenvalue weighted by Crippen LogP contribution is 2.31. The summed E-state index contributed by atoms with van der Waals surface area (Å²) in [6.45, 7) is 4.83. The van der Waals surface area contributed by atoms with Crippen LogP contribution in [0.3, 0.4) is 0 Å². The number of imidazole rings is 1. The average molecular weight is 338 g/mol. The molecule has 0 radical (unpaired) electrons. The van der Waals surface area contributed by atoms with Crippen LogP contribution in [0.25, 0.3) is 0 Å². The van der Waals surface area contributed by atoms with Gasteiger partial charge in [-0.05, 0) is 30.2 Å². The number of aromatic nitrogens is 2. The Morgan fingerprint density at radius 1 is 1.33 bits per heavy atom. The Kier molecular flexibility index (Phi) is 4.64. The van der Waals surface area contributed by atoms with Gasteiger partial charge in [-0.3, -0.25) is 4.90 Å². The minimum Gasteiger partial charge on any atom is -0.337 e. The summed E-state index contributed by atoms with van der Waals surface area (Å²) in [5.41, 5.74) is 0.996. The van der Waals surface area contributed by atoms with E-state index in [1.54, 1.807) is 19.2 Å². The first-order chi connectivity index (χ1) is 11.4. The molecule has 1 aromatic carbocycles. The van der Waals surface area contributed by atoms with Crippen molar-refractivity contribution in [3.8, 4) is 0 Å². The molecule has 0 bridgehead atoms. The third-order valence-corrected chi connectivity index (χ3v) is 4.55. The van der Waals surface area contributed by atoms with Crippen LogP contribution in [0.15, 0.2) is 30.6 Å². The Balaban J connectivity index is 1.82. The van der Waals surface area contributed by atoms with E-state index in [-0.39, 0.29) is 6.04 Å². The van der Waals surface area contributed by atoms with Gasteiger partial charge in [-0.2, -0.15) is 13.2 Å². The first-order valence-corrected chi connectivity index (χ1v) is 7.95. The molecule has 24 heavy (non-hydrogen) atoms. The van der Waals surface area contributed by atoms with Crippen LogP contribution in [-0.2, 0) is 19.8 Å². The lowest BCUT2D eigenvalue weighted by Gasteiger charge is -2.36. The molecule has 2 heterocycles. The van der Waals surface area contributed by atoms with Crippen molar-refractivity contribution in [1.82, 2.24) is 19.8 Å². The second-order valence-electron chi connectivity index (χ2n) is 6.23. The van der Waals surface area contributed by atoms with Crippen molar-refractivity contribution in [3.05, 3.63) is 53.1 Å². The number of piperazine rings is 1. The Bertz CT molecular complexity index is 708. The third kappa shape index (κ3) is 3.47. The number of nitrogens with zero attached hydrogens (tertiary/aromatic N) is 3. The van der Waals surface area contributed by atoms with Crippen LogP contribution in [0.5, 0.6) is 0 Å². The molecule has 1 unspecified atom stereocenters. The topological polar surface area (TPSA) is 33.1 Å². The molecule has 0 amide bonds. The number of benzene rings is 1. The van der Waals surface area contributed by atoms with Gasteiger partial charge in [0.2, 0.25) is 0 Å². The third-order valence-electron chi connectivity index (χ3n) is 4.55. The molecule has 1 aromatic heterocycles. The van der Waals surface area contributed by atoms with Gasteiger partial charge >= 0.3 is 6.18 Å². The number of hydrogen-bond donors (Lipinski definition) is 1. The van der Waals surface area contributed by atoms with Gasteiger partial charge in [-0.25, -0.2) is 4.98 Å². The maximum Gasteiger partial charge on any atom is 0.416 e. The van der Waals surface area contributed by atoms with Crippen molar-refractivity contribution in [1.29, 1.82) is 0 Å². The van der Waals surface area contributed by atoms with E-state index in [0.29, 0.717) is 12.1 Å². The SMILES string of the molecule is Cc1cc(C(F)(F)F)ccc1CN1CCNCC1c1nccn1C. The van der Waals surface area contributed by atoms with E-state index >= 15 is 0 Å². The van der Waals surface area contributed by atoms with Gasteiger partial charge in [0, 0.05) is 45.6 Å². The van der Waals surface area contributed by atoms with E-state index < -0.39 is 11.7 Å². The molecule has 0 aliphatic carbocycles. The minimum absolute atomic E-state index is 0.112. The molecule has 1 aliphatic heterocycles. The molecule has 7 heteroatoms. The number of alkyl halides is 3. The molecule has 0 saturated carbocycles. The molecule has 4 nitrogen and oxygen atoms in total. The summed E-state index contributed by atoms with van der Waals surface area (Å²) < 4.78 is 40.5. The van der Waals surface area contributed by atoms with Gasteiger partial charge in [0.05, 0.1) is 11.6 Å². The number of halogens is 3.